The first-order valence-electron chi connectivity index (χ1n) is 9.95. The first kappa shape index (κ1) is 25.7. The Balaban J connectivity index is 0.00000218. The molecule has 0 saturated heterocycles. The van der Waals surface area contributed by atoms with Gasteiger partial charge in [0.05, 0.1) is 5.92 Å². The highest BCUT2D eigenvalue weighted by Crippen LogP contribution is 2.37. The number of aromatic nitrogens is 1. The number of benzene rings is 1. The lowest BCUT2D eigenvalue weighted by molar-refractivity contribution is -0.142. The smallest absolute Gasteiger partial charge is 0.232 e. The second-order valence-corrected chi connectivity index (χ2v) is 7.03. The van der Waals surface area contributed by atoms with Gasteiger partial charge < -0.3 is 14.9 Å². The zero-order valence-corrected chi connectivity index (χ0v) is 19.3. The highest BCUT2D eigenvalue weighted by molar-refractivity contribution is 7.79. The molecule has 3 atom stereocenters. The van der Waals surface area contributed by atoms with E-state index in [0.717, 1.165) is 11.1 Å². The van der Waals surface area contributed by atoms with Crippen molar-refractivity contribution in [3.05, 3.63) is 66.0 Å². The van der Waals surface area contributed by atoms with Gasteiger partial charge in [0.25, 0.3) is 0 Å². The molecule has 0 fully saturated rings. The van der Waals surface area contributed by atoms with Crippen LogP contribution < -0.4 is 0 Å². The molecule has 2 rings (SSSR count). The van der Waals surface area contributed by atoms with Crippen LogP contribution in [0.3, 0.4) is 0 Å². The molecule has 0 aliphatic rings. The van der Waals surface area contributed by atoms with Gasteiger partial charge in [0, 0.05) is 45.4 Å². The third kappa shape index (κ3) is 6.85. The van der Waals surface area contributed by atoms with E-state index in [1.807, 2.05) is 43.3 Å². The van der Waals surface area contributed by atoms with E-state index in [1.54, 1.807) is 45.7 Å². The monoisotopic (exact) mass is 431 g/mol. The minimum absolute atomic E-state index is 0.0596. The lowest BCUT2D eigenvalue weighted by Gasteiger charge is -2.33. The van der Waals surface area contributed by atoms with Crippen LogP contribution in [0.1, 0.15) is 43.2 Å². The highest BCUT2D eigenvalue weighted by Gasteiger charge is 2.36. The van der Waals surface area contributed by atoms with E-state index >= 15 is 0 Å². The standard InChI is InChI=1S/C22H29N3O3.CH4S/c1-5-25(16(2)26)22(28)21(18-12-9-13-23-15-18)19(14-20(27)24(3)4)17-10-7-6-8-11-17;1-2/h6-13,15-16,19,21,26H,5,14H2,1-4H3;2H,1H3. The van der Waals surface area contributed by atoms with E-state index in [-0.39, 0.29) is 24.2 Å². The molecule has 2 aromatic rings. The average Bonchev–Trinajstić information content (AvgIpc) is 2.76. The van der Waals surface area contributed by atoms with Crippen LogP contribution >= 0.6 is 12.6 Å². The Hall–Kier alpha value is -2.38. The third-order valence-electron chi connectivity index (χ3n) is 4.91. The van der Waals surface area contributed by atoms with Crippen molar-refractivity contribution >= 4 is 24.4 Å². The molecule has 1 N–H and O–H groups in total. The molecular formula is C23H33N3O3S. The highest BCUT2D eigenvalue weighted by atomic mass is 32.1. The Labute approximate surface area is 185 Å². The van der Waals surface area contributed by atoms with Crippen LogP contribution in [0, 0.1) is 0 Å². The molecule has 0 aliphatic carbocycles. The number of pyridine rings is 1. The van der Waals surface area contributed by atoms with Gasteiger partial charge in [-0.25, -0.2) is 0 Å². The fraction of sp³-hybridized carbons (Fsp3) is 0.435. The van der Waals surface area contributed by atoms with Gasteiger partial charge in [-0.2, -0.15) is 12.6 Å². The molecule has 1 aromatic heterocycles. The third-order valence-corrected chi connectivity index (χ3v) is 4.91. The quantitative estimate of drug-likeness (QED) is 0.497. The first-order chi connectivity index (χ1) is 14.4. The molecule has 2 amide bonds. The van der Waals surface area contributed by atoms with E-state index in [1.165, 1.54) is 9.80 Å². The molecule has 0 radical (unpaired) electrons. The predicted octanol–water partition coefficient (Wildman–Crippen LogP) is 3.16. The SMILES string of the molecule is CCN(C(=O)C(c1cccnc1)C(CC(=O)N(C)C)c1ccccc1)C(C)O.CS. The Morgan fingerprint density at radius 2 is 1.67 bits per heavy atom. The van der Waals surface area contributed by atoms with Crippen LogP contribution in [-0.4, -0.2) is 64.8 Å². The molecule has 164 valence electrons. The van der Waals surface area contributed by atoms with Crippen molar-refractivity contribution in [1.82, 2.24) is 14.8 Å². The van der Waals surface area contributed by atoms with Crippen molar-refractivity contribution in [2.24, 2.45) is 0 Å². The average molecular weight is 432 g/mol. The minimum atomic E-state index is -0.919. The first-order valence-corrected chi connectivity index (χ1v) is 10.8. The van der Waals surface area contributed by atoms with E-state index in [0.29, 0.717) is 6.54 Å². The number of hydrogen-bond acceptors (Lipinski definition) is 5. The molecule has 0 aliphatic heterocycles. The summed E-state index contributed by atoms with van der Waals surface area (Å²) in [6.45, 7) is 3.77. The van der Waals surface area contributed by atoms with Crippen molar-refractivity contribution in [2.45, 2.75) is 38.3 Å². The summed E-state index contributed by atoms with van der Waals surface area (Å²) >= 11 is 3.53. The van der Waals surface area contributed by atoms with Crippen LogP contribution in [0.25, 0.3) is 0 Å². The number of aliphatic hydroxyl groups excluding tert-OH is 1. The molecule has 30 heavy (non-hydrogen) atoms. The molecular weight excluding hydrogens is 398 g/mol. The Bertz CT molecular complexity index is 770. The number of aliphatic hydroxyl groups is 1. The van der Waals surface area contributed by atoms with Gasteiger partial charge in [0.2, 0.25) is 11.8 Å². The largest absolute Gasteiger partial charge is 0.374 e. The van der Waals surface area contributed by atoms with Crippen LogP contribution in [0.2, 0.25) is 0 Å². The fourth-order valence-corrected chi connectivity index (χ4v) is 3.39. The van der Waals surface area contributed by atoms with Crippen molar-refractivity contribution in [3.8, 4) is 0 Å². The second-order valence-electron chi connectivity index (χ2n) is 7.03. The van der Waals surface area contributed by atoms with E-state index in [4.69, 9.17) is 0 Å². The summed E-state index contributed by atoms with van der Waals surface area (Å²) in [5.41, 5.74) is 1.63. The number of carbonyl (C=O) groups excluding carboxylic acids is 2. The molecule has 1 heterocycles. The van der Waals surface area contributed by atoms with Gasteiger partial charge in [-0.1, -0.05) is 36.4 Å². The number of likely N-dealkylation sites (N-methyl/N-ethyl adjacent to an activating group) is 1. The van der Waals surface area contributed by atoms with E-state index in [9.17, 15) is 14.7 Å². The van der Waals surface area contributed by atoms with Crippen molar-refractivity contribution in [2.75, 3.05) is 26.9 Å². The van der Waals surface area contributed by atoms with Crippen LogP contribution in [0.15, 0.2) is 54.9 Å². The maximum atomic E-state index is 13.5. The van der Waals surface area contributed by atoms with E-state index < -0.39 is 12.1 Å². The minimum Gasteiger partial charge on any atom is -0.374 e. The number of thiol groups is 1. The van der Waals surface area contributed by atoms with Gasteiger partial charge in [0.1, 0.15) is 6.23 Å². The molecule has 3 unspecified atom stereocenters. The maximum absolute atomic E-state index is 13.5. The van der Waals surface area contributed by atoms with Crippen LogP contribution in [-0.2, 0) is 9.59 Å². The molecule has 0 bridgehead atoms. The van der Waals surface area contributed by atoms with Gasteiger partial charge >= 0.3 is 0 Å². The normalized spacial score (nSPS) is 13.3. The fourth-order valence-electron chi connectivity index (χ4n) is 3.39. The van der Waals surface area contributed by atoms with Crippen molar-refractivity contribution in [3.63, 3.8) is 0 Å². The maximum Gasteiger partial charge on any atom is 0.232 e. The summed E-state index contributed by atoms with van der Waals surface area (Å²) in [5.74, 6) is -1.28. The number of hydrogen-bond donors (Lipinski definition) is 2. The number of carbonyl (C=O) groups is 2. The Kier molecular flexibility index (Phi) is 11.1. The second kappa shape index (κ2) is 13.0. The molecule has 7 heteroatoms. The molecule has 1 aromatic carbocycles. The van der Waals surface area contributed by atoms with Gasteiger partial charge in [0.15, 0.2) is 0 Å². The Morgan fingerprint density at radius 3 is 2.13 bits per heavy atom. The lowest BCUT2D eigenvalue weighted by atomic mass is 9.78. The Morgan fingerprint density at radius 1 is 1.07 bits per heavy atom. The topological polar surface area (TPSA) is 73.7 Å². The number of nitrogens with zero attached hydrogens (tertiary/aromatic N) is 3. The van der Waals surface area contributed by atoms with Crippen LogP contribution in [0.4, 0.5) is 0 Å². The number of rotatable bonds is 8. The zero-order valence-electron chi connectivity index (χ0n) is 18.4. The summed E-state index contributed by atoms with van der Waals surface area (Å²) in [6.07, 6.45) is 4.27. The summed E-state index contributed by atoms with van der Waals surface area (Å²) in [4.78, 5) is 33.2. The van der Waals surface area contributed by atoms with Gasteiger partial charge in [-0.15, -0.1) is 0 Å². The predicted molar refractivity (Wildman–Crippen MR) is 123 cm³/mol. The van der Waals surface area contributed by atoms with Gasteiger partial charge in [-0.3, -0.25) is 14.6 Å². The van der Waals surface area contributed by atoms with Gasteiger partial charge in [-0.05, 0) is 37.3 Å². The van der Waals surface area contributed by atoms with Crippen molar-refractivity contribution in [1.29, 1.82) is 0 Å². The molecule has 6 nitrogen and oxygen atoms in total. The van der Waals surface area contributed by atoms with Crippen molar-refractivity contribution < 1.29 is 14.7 Å². The molecule has 0 saturated carbocycles. The summed E-state index contributed by atoms with van der Waals surface area (Å²) in [7, 11) is 3.42. The summed E-state index contributed by atoms with van der Waals surface area (Å²) in [6, 6.07) is 13.2. The lowest BCUT2D eigenvalue weighted by Crippen LogP contribution is -2.43. The van der Waals surface area contributed by atoms with E-state index in [2.05, 4.69) is 17.6 Å². The summed E-state index contributed by atoms with van der Waals surface area (Å²) < 4.78 is 0. The zero-order chi connectivity index (χ0) is 22.7. The van der Waals surface area contributed by atoms with Crippen LogP contribution in [0.5, 0.6) is 0 Å². The molecule has 0 spiro atoms. The summed E-state index contributed by atoms with van der Waals surface area (Å²) in [5, 5.41) is 10.1. The number of amides is 2.